The molecule has 0 rings (SSSR count). The molecule has 0 saturated carbocycles. The van der Waals surface area contributed by atoms with Gasteiger partial charge in [0.25, 0.3) is 0 Å². The fraction of sp³-hybridized carbons (Fsp3) is 0.941. The summed E-state index contributed by atoms with van der Waals surface area (Å²) < 4.78 is 16.8. The predicted octanol–water partition coefficient (Wildman–Crippen LogP) is 16.4. The molecule has 0 fully saturated rings. The number of ether oxygens (including phenoxy) is 3. The van der Waals surface area contributed by atoms with Gasteiger partial charge in [0, 0.05) is 19.3 Å². The van der Waals surface area contributed by atoms with Crippen LogP contribution in [0.15, 0.2) is 0 Å². The van der Waals surface area contributed by atoms with E-state index in [0.29, 0.717) is 19.3 Å². The molecule has 0 aliphatic rings. The minimum Gasteiger partial charge on any atom is -0.462 e. The van der Waals surface area contributed by atoms with Gasteiger partial charge >= 0.3 is 17.9 Å². The Balaban J connectivity index is 4.26. The highest BCUT2D eigenvalue weighted by Gasteiger charge is 2.19. The first-order valence-corrected chi connectivity index (χ1v) is 25.5. The van der Waals surface area contributed by atoms with Crippen molar-refractivity contribution < 1.29 is 28.6 Å². The number of unbranched alkanes of at least 4 members (excludes halogenated alkanes) is 36. The lowest BCUT2D eigenvalue weighted by Gasteiger charge is -2.18. The lowest BCUT2D eigenvalue weighted by molar-refractivity contribution is -0.167. The second-order valence-corrected chi connectivity index (χ2v) is 17.5. The van der Waals surface area contributed by atoms with Gasteiger partial charge in [0.1, 0.15) is 13.2 Å². The highest BCUT2D eigenvalue weighted by Crippen LogP contribution is 2.17. The van der Waals surface area contributed by atoms with E-state index in [-0.39, 0.29) is 31.1 Å². The quantitative estimate of drug-likeness (QED) is 0.0346. The van der Waals surface area contributed by atoms with E-state index >= 15 is 0 Å². The Hall–Kier alpha value is -1.59. The van der Waals surface area contributed by atoms with Crippen LogP contribution in [0.25, 0.3) is 0 Å². The standard InChI is InChI=1S/C51H98O6/c1-4-7-10-13-16-19-22-24-26-28-30-33-35-38-41-44-50(53)56-47-48(57-51(54)45-42-39-36-31-21-18-15-12-9-6-3)46-55-49(52)43-40-37-34-32-29-27-25-23-20-17-14-11-8-5-2/h48H,4-47H2,1-3H3/t48-/m1/s1. The van der Waals surface area contributed by atoms with Crippen LogP contribution in [-0.4, -0.2) is 37.2 Å². The van der Waals surface area contributed by atoms with Gasteiger partial charge < -0.3 is 14.2 Å². The van der Waals surface area contributed by atoms with Crippen molar-refractivity contribution in [3.05, 3.63) is 0 Å². The van der Waals surface area contributed by atoms with E-state index in [0.717, 1.165) is 57.8 Å². The normalized spacial score (nSPS) is 11.8. The van der Waals surface area contributed by atoms with E-state index in [1.807, 2.05) is 0 Å². The average molecular weight is 807 g/mol. The fourth-order valence-corrected chi connectivity index (χ4v) is 7.74. The molecule has 0 amide bonds. The van der Waals surface area contributed by atoms with E-state index in [2.05, 4.69) is 20.8 Å². The molecule has 0 spiro atoms. The van der Waals surface area contributed by atoms with E-state index in [1.54, 1.807) is 0 Å². The predicted molar refractivity (Wildman–Crippen MR) is 243 cm³/mol. The topological polar surface area (TPSA) is 78.9 Å². The van der Waals surface area contributed by atoms with Crippen LogP contribution in [0.2, 0.25) is 0 Å². The summed E-state index contributed by atoms with van der Waals surface area (Å²) in [4.78, 5) is 37.8. The minimum atomic E-state index is -0.758. The number of esters is 3. The van der Waals surface area contributed by atoms with Crippen molar-refractivity contribution in [1.29, 1.82) is 0 Å². The third kappa shape index (κ3) is 45.3. The summed E-state index contributed by atoms with van der Waals surface area (Å²) in [5, 5.41) is 0. The Morgan fingerprint density at radius 3 is 0.702 bits per heavy atom. The van der Waals surface area contributed by atoms with E-state index < -0.39 is 6.10 Å². The van der Waals surface area contributed by atoms with Crippen LogP contribution >= 0.6 is 0 Å². The zero-order valence-corrected chi connectivity index (χ0v) is 38.6. The number of rotatable bonds is 47. The van der Waals surface area contributed by atoms with Gasteiger partial charge in [-0.1, -0.05) is 252 Å². The second kappa shape index (κ2) is 47.1. The molecule has 338 valence electrons. The summed E-state index contributed by atoms with van der Waals surface area (Å²) in [7, 11) is 0. The highest BCUT2D eigenvalue weighted by molar-refractivity contribution is 5.71. The molecular formula is C51H98O6. The zero-order chi connectivity index (χ0) is 41.5. The van der Waals surface area contributed by atoms with Crippen LogP contribution in [0.4, 0.5) is 0 Å². The van der Waals surface area contributed by atoms with E-state index in [4.69, 9.17) is 14.2 Å². The molecule has 57 heavy (non-hydrogen) atoms. The zero-order valence-electron chi connectivity index (χ0n) is 38.6. The molecule has 6 nitrogen and oxygen atoms in total. The molecule has 0 bridgehead atoms. The Morgan fingerprint density at radius 2 is 0.474 bits per heavy atom. The molecule has 0 aromatic heterocycles. The van der Waals surface area contributed by atoms with Crippen LogP contribution in [0.5, 0.6) is 0 Å². The summed E-state index contributed by atoms with van der Waals surface area (Å²) in [6, 6.07) is 0. The molecule has 0 aliphatic carbocycles. The smallest absolute Gasteiger partial charge is 0.306 e. The molecule has 0 saturated heterocycles. The Kier molecular flexibility index (Phi) is 45.8. The van der Waals surface area contributed by atoms with Crippen molar-refractivity contribution in [2.45, 2.75) is 297 Å². The number of carbonyl (C=O) groups is 3. The van der Waals surface area contributed by atoms with Gasteiger partial charge in [0.15, 0.2) is 6.10 Å². The summed E-state index contributed by atoms with van der Waals surface area (Å²) >= 11 is 0. The van der Waals surface area contributed by atoms with Gasteiger partial charge in [-0.3, -0.25) is 14.4 Å². The summed E-state index contributed by atoms with van der Waals surface area (Å²) in [6.45, 7) is 6.67. The van der Waals surface area contributed by atoms with Crippen molar-refractivity contribution in [2.24, 2.45) is 0 Å². The fourth-order valence-electron chi connectivity index (χ4n) is 7.74. The van der Waals surface area contributed by atoms with Crippen molar-refractivity contribution in [3.63, 3.8) is 0 Å². The summed E-state index contributed by atoms with van der Waals surface area (Å²) in [5.74, 6) is -0.843. The Morgan fingerprint density at radius 1 is 0.281 bits per heavy atom. The Labute approximate surface area is 355 Å². The van der Waals surface area contributed by atoms with Crippen LogP contribution in [0.3, 0.4) is 0 Å². The molecule has 0 unspecified atom stereocenters. The number of hydrogen-bond donors (Lipinski definition) is 0. The van der Waals surface area contributed by atoms with Gasteiger partial charge in [-0.05, 0) is 19.3 Å². The molecule has 0 aromatic carbocycles. The number of carbonyl (C=O) groups excluding carboxylic acids is 3. The van der Waals surface area contributed by atoms with Gasteiger partial charge in [-0.15, -0.1) is 0 Å². The first-order valence-electron chi connectivity index (χ1n) is 25.5. The van der Waals surface area contributed by atoms with Gasteiger partial charge in [0.2, 0.25) is 0 Å². The molecule has 1 atom stereocenters. The van der Waals surface area contributed by atoms with E-state index in [1.165, 1.54) is 193 Å². The summed E-state index contributed by atoms with van der Waals surface area (Å²) in [5.41, 5.74) is 0. The van der Waals surface area contributed by atoms with Crippen molar-refractivity contribution >= 4 is 17.9 Å². The maximum atomic E-state index is 12.7. The molecule has 0 radical (unpaired) electrons. The first-order chi connectivity index (χ1) is 28.0. The largest absolute Gasteiger partial charge is 0.462 e. The van der Waals surface area contributed by atoms with Gasteiger partial charge in [0.05, 0.1) is 0 Å². The molecule has 0 aliphatic heterocycles. The molecule has 6 heteroatoms. The van der Waals surface area contributed by atoms with Crippen LogP contribution in [0, 0.1) is 0 Å². The van der Waals surface area contributed by atoms with Crippen LogP contribution in [-0.2, 0) is 28.6 Å². The highest BCUT2D eigenvalue weighted by atomic mass is 16.6. The van der Waals surface area contributed by atoms with Crippen LogP contribution in [0.1, 0.15) is 290 Å². The van der Waals surface area contributed by atoms with Crippen molar-refractivity contribution in [3.8, 4) is 0 Å². The first kappa shape index (κ1) is 55.4. The molecule has 0 aromatic rings. The molecular weight excluding hydrogens is 709 g/mol. The minimum absolute atomic E-state index is 0.0620. The molecule has 0 N–H and O–H groups in total. The van der Waals surface area contributed by atoms with Crippen molar-refractivity contribution in [2.75, 3.05) is 13.2 Å². The maximum Gasteiger partial charge on any atom is 0.306 e. The number of hydrogen-bond acceptors (Lipinski definition) is 6. The van der Waals surface area contributed by atoms with Gasteiger partial charge in [-0.25, -0.2) is 0 Å². The molecule has 0 heterocycles. The third-order valence-corrected chi connectivity index (χ3v) is 11.6. The summed E-state index contributed by atoms with van der Waals surface area (Å²) in [6.07, 6.45) is 49.4. The third-order valence-electron chi connectivity index (χ3n) is 11.6. The van der Waals surface area contributed by atoms with Crippen molar-refractivity contribution in [1.82, 2.24) is 0 Å². The Bertz CT molecular complexity index is 844. The SMILES string of the molecule is CCCCCCCCCCCCCCCCCC(=O)OC[C@@H](COC(=O)CCCCCCCCCCCCCCCC)OC(=O)CCCCCCCCCCCC. The maximum absolute atomic E-state index is 12.7. The van der Waals surface area contributed by atoms with E-state index in [9.17, 15) is 14.4 Å². The van der Waals surface area contributed by atoms with Gasteiger partial charge in [-0.2, -0.15) is 0 Å². The van der Waals surface area contributed by atoms with Crippen LogP contribution < -0.4 is 0 Å². The average Bonchev–Trinajstić information content (AvgIpc) is 3.21. The lowest BCUT2D eigenvalue weighted by atomic mass is 10.0. The lowest BCUT2D eigenvalue weighted by Crippen LogP contribution is -2.30. The monoisotopic (exact) mass is 807 g/mol. The second-order valence-electron chi connectivity index (χ2n) is 17.5.